The predicted molar refractivity (Wildman–Crippen MR) is 85.2 cm³/mol. The minimum atomic E-state index is -0.397. The Balaban J connectivity index is 1.47. The van der Waals surface area contributed by atoms with Crippen LogP contribution in [0.5, 0.6) is 0 Å². The quantitative estimate of drug-likeness (QED) is 0.783. The summed E-state index contributed by atoms with van der Waals surface area (Å²) in [7, 11) is 0. The predicted octanol–water partition coefficient (Wildman–Crippen LogP) is 2.91. The molecule has 1 aromatic carbocycles. The van der Waals surface area contributed by atoms with Gasteiger partial charge in [0.25, 0.3) is 0 Å². The van der Waals surface area contributed by atoms with Crippen LogP contribution < -0.4 is 10.6 Å². The summed E-state index contributed by atoms with van der Waals surface area (Å²) >= 11 is 3.43. The lowest BCUT2D eigenvalue weighted by Gasteiger charge is -2.28. The fourth-order valence-corrected chi connectivity index (χ4v) is 3.36. The topological polar surface area (TPSA) is 61.4 Å². The number of hydrogen-bond acceptors (Lipinski definition) is 2. The van der Waals surface area contributed by atoms with Gasteiger partial charge in [0.1, 0.15) is 0 Å². The number of nitrogens with one attached hydrogen (secondary N) is 2. The second-order valence-corrected chi connectivity index (χ2v) is 6.99. The Hall–Kier alpha value is -1.07. The SMILES string of the molecule is O=C(N[C@H]1CCCC[C@@H]1O)N[C@@H]1C[C@H]1c1ccc(Br)cc1. The average molecular weight is 353 g/mol. The smallest absolute Gasteiger partial charge is 0.315 e. The number of urea groups is 1. The zero-order valence-corrected chi connectivity index (χ0v) is 13.5. The minimum Gasteiger partial charge on any atom is -0.391 e. The monoisotopic (exact) mass is 352 g/mol. The summed E-state index contributed by atoms with van der Waals surface area (Å²) in [6.45, 7) is 0. The second-order valence-electron chi connectivity index (χ2n) is 6.08. The molecule has 0 radical (unpaired) electrons. The van der Waals surface area contributed by atoms with Crippen LogP contribution in [0.2, 0.25) is 0 Å². The molecular weight excluding hydrogens is 332 g/mol. The fourth-order valence-electron chi connectivity index (χ4n) is 3.09. The second kappa shape index (κ2) is 6.36. The van der Waals surface area contributed by atoms with E-state index < -0.39 is 6.10 Å². The maximum absolute atomic E-state index is 12.0. The van der Waals surface area contributed by atoms with E-state index in [9.17, 15) is 9.90 Å². The first-order valence-corrected chi connectivity index (χ1v) is 8.43. The van der Waals surface area contributed by atoms with E-state index in [0.29, 0.717) is 5.92 Å². The highest BCUT2D eigenvalue weighted by atomic mass is 79.9. The van der Waals surface area contributed by atoms with Crippen molar-refractivity contribution in [1.29, 1.82) is 0 Å². The van der Waals surface area contributed by atoms with Gasteiger partial charge in [0.15, 0.2) is 0 Å². The number of aliphatic hydroxyl groups excluding tert-OH is 1. The van der Waals surface area contributed by atoms with Crippen molar-refractivity contribution in [2.24, 2.45) is 0 Å². The van der Waals surface area contributed by atoms with Crippen LogP contribution in [0.1, 0.15) is 43.6 Å². The fraction of sp³-hybridized carbons (Fsp3) is 0.562. The number of aliphatic hydroxyl groups is 1. The number of amides is 2. The van der Waals surface area contributed by atoms with Crippen LogP contribution in [0.4, 0.5) is 4.79 Å². The molecule has 0 spiro atoms. The molecule has 3 rings (SSSR count). The van der Waals surface area contributed by atoms with Crippen molar-refractivity contribution in [3.05, 3.63) is 34.3 Å². The zero-order chi connectivity index (χ0) is 14.8. The van der Waals surface area contributed by atoms with Gasteiger partial charge in [-0.25, -0.2) is 4.79 Å². The van der Waals surface area contributed by atoms with Gasteiger partial charge < -0.3 is 15.7 Å². The molecule has 0 heterocycles. The number of hydrogen-bond donors (Lipinski definition) is 3. The molecule has 2 aliphatic rings. The Labute approximate surface area is 133 Å². The van der Waals surface area contributed by atoms with Gasteiger partial charge in [0.05, 0.1) is 12.1 Å². The van der Waals surface area contributed by atoms with Crippen molar-refractivity contribution in [3.8, 4) is 0 Å². The maximum Gasteiger partial charge on any atom is 0.315 e. The Morgan fingerprint density at radius 2 is 1.76 bits per heavy atom. The summed E-state index contributed by atoms with van der Waals surface area (Å²) in [5.74, 6) is 0.417. The molecule has 2 aliphatic carbocycles. The molecule has 2 fully saturated rings. The minimum absolute atomic E-state index is 0.0939. The molecule has 4 atom stereocenters. The van der Waals surface area contributed by atoms with E-state index >= 15 is 0 Å². The molecule has 2 saturated carbocycles. The van der Waals surface area contributed by atoms with Crippen LogP contribution in [0, 0.1) is 0 Å². The highest BCUT2D eigenvalue weighted by molar-refractivity contribution is 9.10. The van der Waals surface area contributed by atoms with Crippen LogP contribution >= 0.6 is 15.9 Å². The first-order chi connectivity index (χ1) is 10.1. The highest BCUT2D eigenvalue weighted by Gasteiger charge is 2.39. The molecule has 0 bridgehead atoms. The summed E-state index contributed by atoms with van der Waals surface area (Å²) in [6, 6.07) is 8.23. The Bertz CT molecular complexity index is 506. The van der Waals surface area contributed by atoms with Crippen LogP contribution in [0.15, 0.2) is 28.7 Å². The van der Waals surface area contributed by atoms with E-state index in [4.69, 9.17) is 0 Å². The Morgan fingerprint density at radius 3 is 2.48 bits per heavy atom. The Kier molecular flexibility index (Phi) is 4.50. The van der Waals surface area contributed by atoms with Gasteiger partial charge in [0, 0.05) is 16.4 Å². The summed E-state index contributed by atoms with van der Waals surface area (Å²) in [5, 5.41) is 15.8. The summed E-state index contributed by atoms with van der Waals surface area (Å²) in [6.07, 6.45) is 4.38. The lowest BCUT2D eigenvalue weighted by Crippen LogP contribution is -2.49. The average Bonchev–Trinajstić information content (AvgIpc) is 3.21. The number of carbonyl (C=O) groups excluding carboxylic acids is 1. The van der Waals surface area contributed by atoms with Gasteiger partial charge in [0.2, 0.25) is 0 Å². The molecule has 0 aliphatic heterocycles. The van der Waals surface area contributed by atoms with Crippen molar-refractivity contribution in [2.45, 2.75) is 56.2 Å². The van der Waals surface area contributed by atoms with Crippen LogP contribution in [0.25, 0.3) is 0 Å². The molecule has 0 aromatic heterocycles. The van der Waals surface area contributed by atoms with E-state index in [0.717, 1.165) is 36.6 Å². The lowest BCUT2D eigenvalue weighted by molar-refractivity contribution is 0.0943. The van der Waals surface area contributed by atoms with Gasteiger partial charge in [-0.2, -0.15) is 0 Å². The van der Waals surface area contributed by atoms with Gasteiger partial charge in [-0.15, -0.1) is 0 Å². The largest absolute Gasteiger partial charge is 0.391 e. The molecule has 114 valence electrons. The molecule has 5 heteroatoms. The van der Waals surface area contributed by atoms with Gasteiger partial charge in [-0.05, 0) is 37.0 Å². The normalized spacial score (nSPS) is 31.5. The third-order valence-corrected chi connectivity index (χ3v) is 4.98. The molecule has 4 nitrogen and oxygen atoms in total. The first kappa shape index (κ1) is 14.9. The van der Waals surface area contributed by atoms with Crippen molar-refractivity contribution in [1.82, 2.24) is 10.6 Å². The number of carbonyl (C=O) groups is 1. The third kappa shape index (κ3) is 3.77. The molecule has 0 unspecified atom stereocenters. The van der Waals surface area contributed by atoms with Gasteiger partial charge in [-0.3, -0.25) is 0 Å². The molecule has 21 heavy (non-hydrogen) atoms. The first-order valence-electron chi connectivity index (χ1n) is 7.64. The lowest BCUT2D eigenvalue weighted by atomic mass is 9.93. The van der Waals surface area contributed by atoms with Gasteiger partial charge in [-0.1, -0.05) is 40.9 Å². The van der Waals surface area contributed by atoms with E-state index in [2.05, 4.69) is 38.7 Å². The molecule has 1 aromatic rings. The molecular formula is C16H21BrN2O2. The van der Waals surface area contributed by atoms with Crippen LogP contribution in [-0.4, -0.2) is 29.3 Å². The maximum atomic E-state index is 12.0. The Morgan fingerprint density at radius 1 is 1.10 bits per heavy atom. The van der Waals surface area contributed by atoms with E-state index in [-0.39, 0.29) is 18.1 Å². The van der Waals surface area contributed by atoms with Crippen molar-refractivity contribution in [3.63, 3.8) is 0 Å². The number of rotatable bonds is 3. The van der Waals surface area contributed by atoms with E-state index in [1.165, 1.54) is 5.56 Å². The summed E-state index contributed by atoms with van der Waals surface area (Å²) < 4.78 is 1.07. The van der Waals surface area contributed by atoms with Crippen molar-refractivity contribution >= 4 is 22.0 Å². The van der Waals surface area contributed by atoms with Crippen LogP contribution in [-0.2, 0) is 0 Å². The van der Waals surface area contributed by atoms with Crippen LogP contribution in [0.3, 0.4) is 0 Å². The summed E-state index contributed by atoms with van der Waals surface area (Å²) in [4.78, 5) is 12.0. The van der Waals surface area contributed by atoms with E-state index in [1.807, 2.05) is 12.1 Å². The standard InChI is InChI=1S/C16H21BrN2O2/c17-11-7-5-10(6-8-11)12-9-14(12)19-16(21)18-13-3-1-2-4-15(13)20/h5-8,12-15,20H,1-4,9H2,(H2,18,19,21)/t12-,13-,14+,15-/m0/s1. The molecule has 2 amide bonds. The van der Waals surface area contributed by atoms with Crippen molar-refractivity contribution < 1.29 is 9.90 Å². The van der Waals surface area contributed by atoms with E-state index in [1.54, 1.807) is 0 Å². The summed E-state index contributed by atoms with van der Waals surface area (Å²) in [5.41, 5.74) is 1.27. The molecule has 0 saturated heterocycles. The zero-order valence-electron chi connectivity index (χ0n) is 11.9. The highest BCUT2D eigenvalue weighted by Crippen LogP contribution is 2.41. The number of halogens is 1. The number of benzene rings is 1. The third-order valence-electron chi connectivity index (χ3n) is 4.45. The van der Waals surface area contributed by atoms with Crippen molar-refractivity contribution in [2.75, 3.05) is 0 Å². The molecule has 3 N–H and O–H groups in total. The van der Waals surface area contributed by atoms with Gasteiger partial charge >= 0.3 is 6.03 Å².